The smallest absolute Gasteiger partial charge is 0.179 e. The summed E-state index contributed by atoms with van der Waals surface area (Å²) < 4.78 is 11.8. The minimum absolute atomic E-state index is 0.639. The van der Waals surface area contributed by atoms with Crippen LogP contribution in [0.4, 0.5) is 0 Å². The summed E-state index contributed by atoms with van der Waals surface area (Å²) in [6.07, 6.45) is 3.20. The van der Waals surface area contributed by atoms with Gasteiger partial charge >= 0.3 is 0 Å². The molecule has 0 saturated heterocycles. The van der Waals surface area contributed by atoms with E-state index in [0.29, 0.717) is 11.5 Å². The fourth-order valence-corrected chi connectivity index (χ4v) is 1.14. The number of aromatic nitrogens is 3. The molecule has 13 heavy (non-hydrogen) atoms. The first-order chi connectivity index (χ1) is 6.35. The summed E-state index contributed by atoms with van der Waals surface area (Å²) in [5.74, 6) is 1.29. The van der Waals surface area contributed by atoms with E-state index < -0.39 is 0 Å². The zero-order valence-corrected chi connectivity index (χ0v) is 7.39. The van der Waals surface area contributed by atoms with Crippen LogP contribution in [0.2, 0.25) is 0 Å². The van der Waals surface area contributed by atoms with Crippen LogP contribution in [0.1, 0.15) is 0 Å². The van der Waals surface area contributed by atoms with Gasteiger partial charge in [0.2, 0.25) is 0 Å². The van der Waals surface area contributed by atoms with E-state index in [1.165, 1.54) is 6.33 Å². The largest absolute Gasteiger partial charge is 0.493 e. The minimum atomic E-state index is 0.639. The molecule has 2 aromatic rings. The van der Waals surface area contributed by atoms with Gasteiger partial charge in [0.1, 0.15) is 6.33 Å². The molecule has 0 unspecified atom stereocenters. The Bertz CT molecular complexity index is 386. The van der Waals surface area contributed by atoms with Crippen molar-refractivity contribution in [2.75, 3.05) is 14.2 Å². The van der Waals surface area contributed by atoms with Gasteiger partial charge in [-0.05, 0) is 0 Å². The van der Waals surface area contributed by atoms with E-state index in [1.807, 2.05) is 0 Å². The second kappa shape index (κ2) is 2.93. The maximum absolute atomic E-state index is 5.11. The fourth-order valence-electron chi connectivity index (χ4n) is 1.14. The maximum Gasteiger partial charge on any atom is 0.179 e. The molecular formula is C8H9N3O2. The molecule has 0 aromatic carbocycles. The summed E-state index contributed by atoms with van der Waals surface area (Å²) in [4.78, 5) is 4.02. The Labute approximate surface area is 74.9 Å². The highest BCUT2D eigenvalue weighted by Gasteiger charge is 2.06. The Hall–Kier alpha value is -1.78. The summed E-state index contributed by atoms with van der Waals surface area (Å²) in [6, 6.07) is 1.77. The molecule has 0 N–H and O–H groups in total. The van der Waals surface area contributed by atoms with Crippen molar-refractivity contribution < 1.29 is 9.47 Å². The summed E-state index contributed by atoms with van der Waals surface area (Å²) in [5, 5.41) is 3.97. The van der Waals surface area contributed by atoms with E-state index in [9.17, 15) is 0 Å². The predicted octanol–water partition coefficient (Wildman–Crippen LogP) is 0.746. The molecule has 68 valence electrons. The number of hydrogen-bond acceptors (Lipinski definition) is 4. The molecule has 0 bridgehead atoms. The number of pyridine rings is 1. The zero-order valence-electron chi connectivity index (χ0n) is 7.39. The lowest BCUT2D eigenvalue weighted by molar-refractivity contribution is 0.352. The van der Waals surface area contributed by atoms with Crippen LogP contribution in [0.15, 0.2) is 18.6 Å². The molecule has 0 saturated carbocycles. The minimum Gasteiger partial charge on any atom is -0.493 e. The molecule has 5 nitrogen and oxygen atoms in total. The topological polar surface area (TPSA) is 48.7 Å². The van der Waals surface area contributed by atoms with Gasteiger partial charge in [-0.3, -0.25) is 0 Å². The first-order valence-electron chi connectivity index (χ1n) is 3.76. The third-order valence-electron chi connectivity index (χ3n) is 1.78. The number of fused-ring (bicyclic) bond motifs is 1. The van der Waals surface area contributed by atoms with E-state index in [4.69, 9.17) is 9.47 Å². The highest BCUT2D eigenvalue weighted by atomic mass is 16.5. The van der Waals surface area contributed by atoms with Crippen LogP contribution in [-0.2, 0) is 0 Å². The molecule has 0 spiro atoms. The van der Waals surface area contributed by atoms with Crippen LogP contribution in [-0.4, -0.2) is 28.8 Å². The average Bonchev–Trinajstić information content (AvgIpc) is 2.62. The third kappa shape index (κ3) is 1.18. The Morgan fingerprint density at radius 3 is 2.69 bits per heavy atom. The van der Waals surface area contributed by atoms with E-state index in [-0.39, 0.29) is 0 Å². The standard InChI is InChI=1S/C8H9N3O2/c1-12-6-3-8-9-5-10-11(8)4-7(6)13-2/h3-5H,1-2H3. The van der Waals surface area contributed by atoms with Crippen molar-refractivity contribution >= 4 is 5.65 Å². The molecule has 0 aliphatic heterocycles. The fraction of sp³-hybridized carbons (Fsp3) is 0.250. The summed E-state index contributed by atoms with van der Waals surface area (Å²) >= 11 is 0. The van der Waals surface area contributed by atoms with Crippen molar-refractivity contribution in [3.05, 3.63) is 18.6 Å². The van der Waals surface area contributed by atoms with E-state index in [2.05, 4.69) is 10.1 Å². The Morgan fingerprint density at radius 2 is 2.00 bits per heavy atom. The molecule has 2 aromatic heterocycles. The van der Waals surface area contributed by atoms with Gasteiger partial charge in [0, 0.05) is 6.07 Å². The van der Waals surface area contributed by atoms with Crippen LogP contribution in [0.5, 0.6) is 11.5 Å². The predicted molar refractivity (Wildman–Crippen MR) is 46.1 cm³/mol. The molecule has 0 aliphatic carbocycles. The van der Waals surface area contributed by atoms with Crippen molar-refractivity contribution in [3.63, 3.8) is 0 Å². The molecule has 0 fully saturated rings. The zero-order chi connectivity index (χ0) is 9.26. The summed E-state index contributed by atoms with van der Waals surface area (Å²) in [6.45, 7) is 0. The molecule has 0 radical (unpaired) electrons. The summed E-state index contributed by atoms with van der Waals surface area (Å²) in [7, 11) is 3.17. The Morgan fingerprint density at radius 1 is 1.23 bits per heavy atom. The molecule has 0 atom stereocenters. The lowest BCUT2D eigenvalue weighted by Gasteiger charge is -2.06. The van der Waals surface area contributed by atoms with Crippen LogP contribution < -0.4 is 9.47 Å². The summed E-state index contributed by atoms with van der Waals surface area (Å²) in [5.41, 5.74) is 0.734. The number of hydrogen-bond donors (Lipinski definition) is 0. The number of rotatable bonds is 2. The second-order valence-electron chi connectivity index (χ2n) is 2.47. The first kappa shape index (κ1) is 7.85. The van der Waals surface area contributed by atoms with E-state index in [0.717, 1.165) is 5.65 Å². The molecular weight excluding hydrogens is 170 g/mol. The van der Waals surface area contributed by atoms with Crippen molar-refractivity contribution in [1.82, 2.24) is 14.6 Å². The van der Waals surface area contributed by atoms with Gasteiger partial charge in [-0.15, -0.1) is 0 Å². The number of methoxy groups -OCH3 is 2. The monoisotopic (exact) mass is 179 g/mol. The normalized spacial score (nSPS) is 10.3. The highest BCUT2D eigenvalue weighted by molar-refractivity contribution is 5.50. The van der Waals surface area contributed by atoms with Gasteiger partial charge in [0.05, 0.1) is 20.4 Å². The van der Waals surface area contributed by atoms with E-state index in [1.54, 1.807) is 31.0 Å². The van der Waals surface area contributed by atoms with Crippen molar-refractivity contribution in [2.45, 2.75) is 0 Å². The Balaban J connectivity index is 2.67. The van der Waals surface area contributed by atoms with Crippen LogP contribution in [0.3, 0.4) is 0 Å². The van der Waals surface area contributed by atoms with Gasteiger partial charge in [-0.1, -0.05) is 0 Å². The van der Waals surface area contributed by atoms with Gasteiger partial charge in [-0.25, -0.2) is 9.50 Å². The van der Waals surface area contributed by atoms with Crippen molar-refractivity contribution in [1.29, 1.82) is 0 Å². The second-order valence-corrected chi connectivity index (χ2v) is 2.47. The maximum atomic E-state index is 5.11. The van der Waals surface area contributed by atoms with Crippen LogP contribution >= 0.6 is 0 Å². The van der Waals surface area contributed by atoms with Crippen LogP contribution in [0, 0.1) is 0 Å². The molecule has 0 aliphatic rings. The number of ether oxygens (including phenoxy) is 2. The van der Waals surface area contributed by atoms with Gasteiger partial charge in [-0.2, -0.15) is 5.10 Å². The molecule has 0 amide bonds. The third-order valence-corrected chi connectivity index (χ3v) is 1.78. The van der Waals surface area contributed by atoms with Gasteiger partial charge in [0.25, 0.3) is 0 Å². The SMILES string of the molecule is COc1cc2ncnn2cc1OC. The first-order valence-corrected chi connectivity index (χ1v) is 3.76. The quantitative estimate of drug-likeness (QED) is 0.682. The van der Waals surface area contributed by atoms with E-state index >= 15 is 0 Å². The number of nitrogens with zero attached hydrogens (tertiary/aromatic N) is 3. The molecule has 2 rings (SSSR count). The molecule has 5 heteroatoms. The van der Waals surface area contributed by atoms with Gasteiger partial charge < -0.3 is 9.47 Å². The van der Waals surface area contributed by atoms with Crippen molar-refractivity contribution in [3.8, 4) is 11.5 Å². The lowest BCUT2D eigenvalue weighted by Crippen LogP contribution is -1.94. The molecule has 2 heterocycles. The Kier molecular flexibility index (Phi) is 1.77. The average molecular weight is 179 g/mol. The highest BCUT2D eigenvalue weighted by Crippen LogP contribution is 2.26. The lowest BCUT2D eigenvalue weighted by atomic mass is 10.4. The van der Waals surface area contributed by atoms with Crippen LogP contribution in [0.25, 0.3) is 5.65 Å². The van der Waals surface area contributed by atoms with Gasteiger partial charge in [0.15, 0.2) is 17.1 Å². The van der Waals surface area contributed by atoms with Crippen molar-refractivity contribution in [2.24, 2.45) is 0 Å².